The fraction of sp³-hybridized carbons (Fsp3) is 1.00. The van der Waals surface area contributed by atoms with E-state index in [-0.39, 0.29) is 0 Å². The predicted molar refractivity (Wildman–Crippen MR) is 90.4 cm³/mol. The van der Waals surface area contributed by atoms with Gasteiger partial charge in [0.05, 0.1) is 3.23 Å². The van der Waals surface area contributed by atoms with Gasteiger partial charge in [-0.2, -0.15) is 0 Å². The van der Waals surface area contributed by atoms with E-state index in [2.05, 4.69) is 31.9 Å². The quantitative estimate of drug-likeness (QED) is 0.509. The minimum atomic E-state index is 0.365. The zero-order chi connectivity index (χ0) is 14.0. The summed E-state index contributed by atoms with van der Waals surface area (Å²) in [5, 5.41) is 0. The first-order valence-corrected chi connectivity index (χ1v) is 12.2. The van der Waals surface area contributed by atoms with E-state index in [1.807, 2.05) is 0 Å². The van der Waals surface area contributed by atoms with Crippen molar-refractivity contribution in [3.8, 4) is 0 Å². The third kappa shape index (κ3) is 0.607. The molecule has 0 saturated heterocycles. The van der Waals surface area contributed by atoms with Crippen LogP contribution in [0.1, 0.15) is 0 Å². The Labute approximate surface area is 153 Å². The molecule has 0 aromatic carbocycles. The van der Waals surface area contributed by atoms with Crippen molar-refractivity contribution in [2.75, 3.05) is 0 Å². The van der Waals surface area contributed by atoms with Gasteiger partial charge in [-0.05, 0) is 118 Å². The molecule has 0 aliphatic heterocycles. The molecule has 0 spiro atoms. The largest absolute Gasteiger partial charge is 0.0872 e. The molecule has 12 saturated carbocycles. The Morgan fingerprint density at radius 2 is 0.478 bits per heavy atom. The topological polar surface area (TPSA) is 0 Å². The maximum absolute atomic E-state index is 4.43. The van der Waals surface area contributed by atoms with Crippen LogP contribution in [-0.2, 0) is 0 Å². The normalized spacial score (nSPS) is 98.3. The summed E-state index contributed by atoms with van der Waals surface area (Å²) in [5.41, 5.74) is 0. The summed E-state index contributed by atoms with van der Waals surface area (Å²) in [6, 6.07) is 0. The van der Waals surface area contributed by atoms with Crippen LogP contribution in [0.4, 0.5) is 0 Å². The molecular weight excluding hydrogens is 412 g/mol. The Kier molecular flexibility index (Phi) is 1.18. The van der Waals surface area contributed by atoms with Crippen LogP contribution < -0.4 is 0 Å². The van der Waals surface area contributed by atoms with Crippen molar-refractivity contribution in [3.05, 3.63) is 0 Å². The molecule has 12 aliphatic carbocycles. The van der Waals surface area contributed by atoms with E-state index in [0.29, 0.717) is 3.23 Å². The van der Waals surface area contributed by atoms with Gasteiger partial charge in [0.1, 0.15) is 0 Å². The molecular formula is C21H20Br2. The van der Waals surface area contributed by atoms with Crippen LogP contribution in [0.5, 0.6) is 0 Å². The first-order chi connectivity index (χ1) is 11.2. The third-order valence-corrected chi connectivity index (χ3v) is 15.8. The van der Waals surface area contributed by atoms with Crippen molar-refractivity contribution in [1.82, 2.24) is 0 Å². The summed E-state index contributed by atoms with van der Waals surface area (Å²) >= 11 is 8.86. The molecule has 0 amide bonds. The fourth-order valence-electron chi connectivity index (χ4n) is 15.5. The zero-order valence-corrected chi connectivity index (χ0v) is 16.0. The van der Waals surface area contributed by atoms with E-state index in [9.17, 15) is 0 Å². The van der Waals surface area contributed by atoms with E-state index in [4.69, 9.17) is 0 Å². The fourth-order valence-corrected chi connectivity index (χ4v) is 17.9. The van der Waals surface area contributed by atoms with E-state index in [0.717, 1.165) is 11.8 Å². The van der Waals surface area contributed by atoms with Gasteiger partial charge >= 0.3 is 0 Å². The Hall–Kier alpha value is 0.960. The molecule has 2 bridgehead atoms. The number of rotatable bonds is 0. The lowest BCUT2D eigenvalue weighted by Crippen LogP contribution is -2.57. The van der Waals surface area contributed by atoms with Crippen molar-refractivity contribution < 1.29 is 0 Å². The maximum Gasteiger partial charge on any atom is 0.0872 e. The van der Waals surface area contributed by atoms with Crippen molar-refractivity contribution in [3.63, 3.8) is 0 Å². The minimum absolute atomic E-state index is 0.365. The smallest absolute Gasteiger partial charge is 0.0721 e. The van der Waals surface area contributed by atoms with Gasteiger partial charge in [-0.25, -0.2) is 0 Å². The lowest BCUT2D eigenvalue weighted by Gasteiger charge is -2.58. The second kappa shape index (κ2) is 2.47. The number of halogens is 2. The van der Waals surface area contributed by atoms with Crippen LogP contribution in [0.3, 0.4) is 0 Å². The van der Waals surface area contributed by atoms with Gasteiger partial charge in [0, 0.05) is 0 Å². The van der Waals surface area contributed by atoms with Crippen LogP contribution in [0.25, 0.3) is 0 Å². The molecule has 12 fully saturated rings. The second-order valence-corrected chi connectivity index (χ2v) is 15.8. The Morgan fingerprint density at radius 3 is 0.739 bits per heavy atom. The van der Waals surface area contributed by atoms with Gasteiger partial charge < -0.3 is 0 Å². The maximum atomic E-state index is 4.43. The SMILES string of the molecule is BrC1(Br)C2[C@H]3C4C5[C@@H]6C7C8[C@H]5[C@H]3[C@H]3[C@H]8C5C([C@H]23)[C@H]2C1[C@@H]4[C@@H]6[C@@H]2[C@H]75. The van der Waals surface area contributed by atoms with Crippen LogP contribution in [-0.4, -0.2) is 3.23 Å². The second-order valence-electron chi connectivity index (χ2n) is 12.1. The lowest BCUT2D eigenvalue weighted by molar-refractivity contribution is -0.0322. The average Bonchev–Trinajstić information content (AvgIpc) is 3.20. The third-order valence-electron chi connectivity index (χ3n) is 13.7. The molecule has 0 N–H and O–H groups in total. The number of hydrogen-bond acceptors (Lipinski definition) is 0. The van der Waals surface area contributed by atoms with Crippen molar-refractivity contribution in [1.29, 1.82) is 0 Å². The molecule has 20 atom stereocenters. The van der Waals surface area contributed by atoms with E-state index < -0.39 is 0 Å². The van der Waals surface area contributed by atoms with Crippen LogP contribution in [0.15, 0.2) is 0 Å². The van der Waals surface area contributed by atoms with Crippen LogP contribution in [0, 0.1) is 118 Å². The summed E-state index contributed by atoms with van der Waals surface area (Å²) in [6.45, 7) is 0. The molecule has 0 heterocycles. The van der Waals surface area contributed by atoms with Crippen molar-refractivity contribution >= 4 is 31.9 Å². The average molecular weight is 432 g/mol. The standard InChI is InChI=1S/C21H20Br2/c22-21(23)19-15-9-3-1-2-5-7(3)13(15)17-11(5)12-6(2)8-4(1)10(9)16(19)14(8)18(12)20(17)21/h1-20H/t1?,2?,3-,4-,5-,6+,7?,8?,9-,10+,11+,12+,13?,14?,15-,16-,17+,18-,19?,20?/m1/s1. The predicted octanol–water partition coefficient (Wildman–Crippen LogP) is 3.95. The summed E-state index contributed by atoms with van der Waals surface area (Å²) < 4.78 is 0.365. The highest BCUT2D eigenvalue weighted by molar-refractivity contribution is 9.25. The summed E-state index contributed by atoms with van der Waals surface area (Å²) in [4.78, 5) is 0. The van der Waals surface area contributed by atoms with Gasteiger partial charge in [0.25, 0.3) is 0 Å². The highest BCUT2D eigenvalue weighted by Crippen LogP contribution is 3.01. The molecule has 0 radical (unpaired) electrons. The Bertz CT molecular complexity index is 688. The minimum Gasteiger partial charge on any atom is -0.0721 e. The monoisotopic (exact) mass is 430 g/mol. The van der Waals surface area contributed by atoms with Crippen molar-refractivity contribution in [2.24, 2.45) is 118 Å². The van der Waals surface area contributed by atoms with Gasteiger partial charge in [-0.3, -0.25) is 0 Å². The van der Waals surface area contributed by atoms with Crippen molar-refractivity contribution in [2.45, 2.75) is 3.23 Å². The highest BCUT2D eigenvalue weighted by Gasteiger charge is 2.98. The zero-order valence-electron chi connectivity index (χ0n) is 12.8. The lowest BCUT2D eigenvalue weighted by atomic mass is 9.54. The Morgan fingerprint density at radius 1 is 0.304 bits per heavy atom. The molecule has 118 valence electrons. The first-order valence-electron chi connectivity index (χ1n) is 10.6. The van der Waals surface area contributed by atoms with E-state index in [1.54, 1.807) is 0 Å². The molecule has 0 aromatic rings. The van der Waals surface area contributed by atoms with Gasteiger partial charge in [-0.1, -0.05) is 31.9 Å². The number of alkyl halides is 2. The molecule has 0 aromatic heterocycles. The van der Waals surface area contributed by atoms with E-state index >= 15 is 0 Å². The highest BCUT2D eigenvalue weighted by atomic mass is 79.9. The summed E-state index contributed by atoms with van der Waals surface area (Å²) in [5.74, 6) is 24.2. The first kappa shape index (κ1) is 11.0. The molecule has 2 heteroatoms. The molecule has 12 aliphatic rings. The van der Waals surface area contributed by atoms with Crippen LogP contribution in [0.2, 0.25) is 0 Å². The van der Waals surface area contributed by atoms with Gasteiger partial charge in [0.15, 0.2) is 0 Å². The molecule has 0 nitrogen and oxygen atoms in total. The number of hydrogen-bond donors (Lipinski definition) is 0. The molecule has 23 heavy (non-hydrogen) atoms. The molecule has 12 rings (SSSR count). The summed E-state index contributed by atoms with van der Waals surface area (Å²) in [7, 11) is 0. The van der Waals surface area contributed by atoms with Gasteiger partial charge in [-0.15, -0.1) is 0 Å². The molecule has 8 unspecified atom stereocenters. The summed E-state index contributed by atoms with van der Waals surface area (Å²) in [6.07, 6.45) is 0. The Balaban J connectivity index is 1.44. The van der Waals surface area contributed by atoms with E-state index in [1.165, 1.54) is 107 Å². The van der Waals surface area contributed by atoms with Crippen LogP contribution >= 0.6 is 31.9 Å². The van der Waals surface area contributed by atoms with Gasteiger partial charge in [0.2, 0.25) is 0 Å².